The number of nitrogens with zero attached hydrogens (tertiary/aromatic N) is 1. The summed E-state index contributed by atoms with van der Waals surface area (Å²) in [5.41, 5.74) is 1.09. The zero-order chi connectivity index (χ0) is 17.5. The number of likely N-dealkylation sites (tertiary alicyclic amines) is 1. The van der Waals surface area contributed by atoms with Crippen molar-refractivity contribution in [1.82, 2.24) is 4.90 Å². The van der Waals surface area contributed by atoms with E-state index in [0.717, 1.165) is 35.8 Å². The predicted molar refractivity (Wildman–Crippen MR) is 102 cm³/mol. The van der Waals surface area contributed by atoms with E-state index >= 15 is 0 Å². The van der Waals surface area contributed by atoms with Gasteiger partial charge < -0.3 is 9.84 Å². The van der Waals surface area contributed by atoms with Gasteiger partial charge in [-0.05, 0) is 49.5 Å². The molecule has 0 unspecified atom stereocenters. The normalized spacial score (nSPS) is 15.9. The Labute approximate surface area is 152 Å². The van der Waals surface area contributed by atoms with Gasteiger partial charge in [0.25, 0.3) is 0 Å². The molecule has 1 fully saturated rings. The van der Waals surface area contributed by atoms with Gasteiger partial charge in [-0.25, -0.2) is 4.79 Å². The standard InChI is InChI=1S/C20H23NO3S/c22-20(23)17(19-9-6-14-25-19)15-16-7-2-3-8-18(16)24-13-12-21-10-4-1-5-11-21/h2-3,6-9,14-15H,1,4-5,10-13H2,(H,22,23)/b17-15-. The molecule has 4 nitrogen and oxygen atoms in total. The molecular formula is C20H23NO3S. The van der Waals surface area contributed by atoms with E-state index in [0.29, 0.717) is 12.2 Å². The Morgan fingerprint density at radius 3 is 2.68 bits per heavy atom. The SMILES string of the molecule is O=C(O)/C(=C\c1ccccc1OCCN1CCCCC1)c1cccs1. The molecule has 2 heterocycles. The van der Waals surface area contributed by atoms with E-state index < -0.39 is 5.97 Å². The highest BCUT2D eigenvalue weighted by Gasteiger charge is 2.14. The molecule has 0 atom stereocenters. The van der Waals surface area contributed by atoms with Gasteiger partial charge in [-0.3, -0.25) is 4.90 Å². The number of carbonyl (C=O) groups is 1. The second kappa shape index (κ2) is 8.83. The number of hydrogen-bond donors (Lipinski definition) is 1. The van der Waals surface area contributed by atoms with Gasteiger partial charge in [0.05, 0.1) is 5.57 Å². The molecule has 0 bridgehead atoms. The molecule has 5 heteroatoms. The van der Waals surface area contributed by atoms with E-state index in [1.165, 1.54) is 30.6 Å². The lowest BCUT2D eigenvalue weighted by Crippen LogP contribution is -2.33. The van der Waals surface area contributed by atoms with E-state index in [2.05, 4.69) is 4.90 Å². The zero-order valence-corrected chi connectivity index (χ0v) is 15.0. The summed E-state index contributed by atoms with van der Waals surface area (Å²) >= 11 is 1.42. The lowest BCUT2D eigenvalue weighted by atomic mass is 10.1. The molecule has 1 aliphatic rings. The Kier molecular flexibility index (Phi) is 6.25. The largest absolute Gasteiger partial charge is 0.492 e. The Hall–Kier alpha value is -2.11. The van der Waals surface area contributed by atoms with Gasteiger partial charge in [-0.2, -0.15) is 0 Å². The minimum Gasteiger partial charge on any atom is -0.492 e. The van der Waals surface area contributed by atoms with Crippen LogP contribution in [-0.4, -0.2) is 42.2 Å². The van der Waals surface area contributed by atoms with Crippen molar-refractivity contribution in [2.45, 2.75) is 19.3 Å². The topological polar surface area (TPSA) is 49.8 Å². The molecular weight excluding hydrogens is 334 g/mol. The summed E-state index contributed by atoms with van der Waals surface area (Å²) in [7, 11) is 0. The van der Waals surface area contributed by atoms with Crippen molar-refractivity contribution >= 4 is 29.0 Å². The van der Waals surface area contributed by atoms with Crippen LogP contribution in [0.2, 0.25) is 0 Å². The second-order valence-corrected chi connectivity index (χ2v) is 7.08. The van der Waals surface area contributed by atoms with Gasteiger partial charge in [0.2, 0.25) is 0 Å². The minimum absolute atomic E-state index is 0.294. The number of benzene rings is 1. The Bertz CT molecular complexity index is 718. The Morgan fingerprint density at radius 2 is 1.96 bits per heavy atom. The number of carboxylic acids is 1. The molecule has 1 N–H and O–H groups in total. The molecule has 0 spiro atoms. The fourth-order valence-corrected chi connectivity index (χ4v) is 3.76. The monoisotopic (exact) mass is 357 g/mol. The fraction of sp³-hybridized carbons (Fsp3) is 0.350. The third kappa shape index (κ3) is 4.94. The van der Waals surface area contributed by atoms with Crippen molar-refractivity contribution in [2.24, 2.45) is 0 Å². The van der Waals surface area contributed by atoms with Crippen LogP contribution in [0.15, 0.2) is 41.8 Å². The number of aliphatic carboxylic acids is 1. The molecule has 1 aromatic carbocycles. The molecule has 0 radical (unpaired) electrons. The van der Waals surface area contributed by atoms with Crippen LogP contribution in [-0.2, 0) is 4.79 Å². The van der Waals surface area contributed by atoms with Crippen LogP contribution in [0.4, 0.5) is 0 Å². The summed E-state index contributed by atoms with van der Waals surface area (Å²) in [6.07, 6.45) is 5.56. The first-order valence-corrected chi connectivity index (χ1v) is 9.55. The van der Waals surface area contributed by atoms with E-state index in [9.17, 15) is 9.90 Å². The highest BCUT2D eigenvalue weighted by atomic mass is 32.1. The molecule has 1 aliphatic heterocycles. The summed E-state index contributed by atoms with van der Waals surface area (Å²) in [5, 5.41) is 11.4. The smallest absolute Gasteiger partial charge is 0.337 e. The van der Waals surface area contributed by atoms with Crippen LogP contribution < -0.4 is 4.74 Å². The lowest BCUT2D eigenvalue weighted by molar-refractivity contribution is -0.130. The molecule has 3 rings (SSSR count). The van der Waals surface area contributed by atoms with Crippen molar-refractivity contribution in [2.75, 3.05) is 26.2 Å². The number of ether oxygens (including phenoxy) is 1. The maximum absolute atomic E-state index is 11.6. The zero-order valence-electron chi connectivity index (χ0n) is 14.2. The lowest BCUT2D eigenvalue weighted by Gasteiger charge is -2.26. The number of rotatable bonds is 7. The van der Waals surface area contributed by atoms with Crippen molar-refractivity contribution in [3.8, 4) is 5.75 Å². The predicted octanol–water partition coefficient (Wildman–Crippen LogP) is 4.24. The van der Waals surface area contributed by atoms with E-state index in [4.69, 9.17) is 4.74 Å². The number of piperidine rings is 1. The molecule has 25 heavy (non-hydrogen) atoms. The number of para-hydroxylation sites is 1. The van der Waals surface area contributed by atoms with Crippen molar-refractivity contribution in [1.29, 1.82) is 0 Å². The summed E-state index contributed by atoms with van der Waals surface area (Å²) in [4.78, 5) is 14.8. The average molecular weight is 357 g/mol. The number of carboxylic acid groups (broad SMARTS) is 1. The molecule has 0 aliphatic carbocycles. The maximum atomic E-state index is 11.6. The van der Waals surface area contributed by atoms with Gasteiger partial charge >= 0.3 is 5.97 Å². The van der Waals surface area contributed by atoms with E-state index in [1.54, 1.807) is 6.08 Å². The Morgan fingerprint density at radius 1 is 1.16 bits per heavy atom. The van der Waals surface area contributed by atoms with Crippen LogP contribution in [0.3, 0.4) is 0 Å². The molecule has 1 aromatic heterocycles. The van der Waals surface area contributed by atoms with Crippen LogP contribution in [0.1, 0.15) is 29.7 Å². The van der Waals surface area contributed by atoms with Gasteiger partial charge in [0.1, 0.15) is 12.4 Å². The van der Waals surface area contributed by atoms with Crippen LogP contribution >= 0.6 is 11.3 Å². The van der Waals surface area contributed by atoms with E-state index in [1.807, 2.05) is 41.8 Å². The summed E-state index contributed by atoms with van der Waals surface area (Å²) in [5.74, 6) is -0.194. The van der Waals surface area contributed by atoms with Crippen molar-refractivity contribution in [3.05, 3.63) is 52.2 Å². The first-order valence-electron chi connectivity index (χ1n) is 8.67. The maximum Gasteiger partial charge on any atom is 0.337 e. The third-order valence-corrected chi connectivity index (χ3v) is 5.25. The first-order chi connectivity index (χ1) is 12.2. The van der Waals surface area contributed by atoms with Crippen molar-refractivity contribution in [3.63, 3.8) is 0 Å². The number of thiophene rings is 1. The first kappa shape index (κ1) is 17.7. The molecule has 1 saturated heterocycles. The highest BCUT2D eigenvalue weighted by Crippen LogP contribution is 2.27. The van der Waals surface area contributed by atoms with Gasteiger partial charge in [-0.1, -0.05) is 30.7 Å². The number of hydrogen-bond acceptors (Lipinski definition) is 4. The average Bonchev–Trinajstić information content (AvgIpc) is 3.15. The van der Waals surface area contributed by atoms with Crippen LogP contribution in [0, 0.1) is 0 Å². The Balaban J connectivity index is 1.71. The van der Waals surface area contributed by atoms with Gasteiger partial charge in [-0.15, -0.1) is 11.3 Å². The molecule has 132 valence electrons. The summed E-state index contributed by atoms with van der Waals surface area (Å²) in [6.45, 7) is 3.82. The van der Waals surface area contributed by atoms with Gasteiger partial charge in [0, 0.05) is 17.0 Å². The van der Waals surface area contributed by atoms with Crippen molar-refractivity contribution < 1.29 is 14.6 Å². The molecule has 2 aromatic rings. The van der Waals surface area contributed by atoms with E-state index in [-0.39, 0.29) is 0 Å². The third-order valence-electron chi connectivity index (χ3n) is 4.35. The highest BCUT2D eigenvalue weighted by molar-refractivity contribution is 7.11. The second-order valence-electron chi connectivity index (χ2n) is 6.13. The summed E-state index contributed by atoms with van der Waals surface area (Å²) in [6, 6.07) is 11.3. The summed E-state index contributed by atoms with van der Waals surface area (Å²) < 4.78 is 5.96. The minimum atomic E-state index is -0.925. The van der Waals surface area contributed by atoms with Crippen LogP contribution in [0.25, 0.3) is 11.6 Å². The fourth-order valence-electron chi connectivity index (χ4n) is 3.02. The van der Waals surface area contributed by atoms with Crippen LogP contribution in [0.5, 0.6) is 5.75 Å². The molecule has 0 saturated carbocycles. The molecule has 0 amide bonds. The quantitative estimate of drug-likeness (QED) is 0.753. The van der Waals surface area contributed by atoms with Gasteiger partial charge in [0.15, 0.2) is 0 Å².